The maximum absolute atomic E-state index is 12.7. The second-order valence-corrected chi connectivity index (χ2v) is 7.87. The van der Waals surface area contributed by atoms with Gasteiger partial charge in [-0.3, -0.25) is 9.78 Å². The molecule has 0 aliphatic heterocycles. The molecule has 3 aromatic rings. The van der Waals surface area contributed by atoms with E-state index in [9.17, 15) is 18.0 Å². The molecule has 8 heteroatoms. The fourth-order valence-electron chi connectivity index (χ4n) is 3.70. The van der Waals surface area contributed by atoms with E-state index >= 15 is 0 Å². The molecule has 1 saturated carbocycles. The maximum atomic E-state index is 12.7. The van der Waals surface area contributed by atoms with Crippen LogP contribution < -0.4 is 10.1 Å². The molecule has 1 N–H and O–H groups in total. The average molecular weight is 453 g/mol. The van der Waals surface area contributed by atoms with E-state index in [2.05, 4.69) is 21.4 Å². The van der Waals surface area contributed by atoms with Gasteiger partial charge in [0.2, 0.25) is 11.8 Å². The lowest BCUT2D eigenvalue weighted by atomic mass is 10.1. The van der Waals surface area contributed by atoms with Crippen LogP contribution in [0.5, 0.6) is 11.6 Å². The molecular formula is C25H22F3N3O2. The Morgan fingerprint density at radius 2 is 2.03 bits per heavy atom. The first-order chi connectivity index (χ1) is 15.9. The monoisotopic (exact) mass is 453 g/mol. The third-order valence-electron chi connectivity index (χ3n) is 5.43. The van der Waals surface area contributed by atoms with Crippen LogP contribution >= 0.6 is 0 Å². The van der Waals surface area contributed by atoms with Crippen molar-refractivity contribution >= 4 is 11.6 Å². The zero-order valence-electron chi connectivity index (χ0n) is 17.7. The number of amides is 1. The van der Waals surface area contributed by atoms with Crippen LogP contribution in [0.15, 0.2) is 78.8 Å². The molecule has 1 atom stereocenters. The fraction of sp³-hybridized carbons (Fsp3) is 0.240. The largest absolute Gasteiger partial charge is 0.439 e. The van der Waals surface area contributed by atoms with E-state index in [1.807, 2.05) is 24.3 Å². The van der Waals surface area contributed by atoms with Gasteiger partial charge < -0.3 is 10.1 Å². The summed E-state index contributed by atoms with van der Waals surface area (Å²) in [6.45, 7) is 0. The van der Waals surface area contributed by atoms with E-state index in [4.69, 9.17) is 4.74 Å². The van der Waals surface area contributed by atoms with Crippen molar-refractivity contribution in [1.82, 2.24) is 9.97 Å². The molecule has 2 heterocycles. The molecule has 1 aliphatic carbocycles. The Kier molecular flexibility index (Phi) is 6.72. The lowest BCUT2D eigenvalue weighted by Gasteiger charge is -2.09. The van der Waals surface area contributed by atoms with Crippen molar-refractivity contribution in [3.8, 4) is 11.6 Å². The molecule has 1 amide bonds. The molecule has 1 unspecified atom stereocenters. The summed E-state index contributed by atoms with van der Waals surface area (Å²) in [5, 5.41) is 2.91. The van der Waals surface area contributed by atoms with Gasteiger partial charge in [-0.2, -0.15) is 13.2 Å². The summed E-state index contributed by atoms with van der Waals surface area (Å²) < 4.78 is 43.6. The number of alkyl halides is 3. The highest BCUT2D eigenvalue weighted by atomic mass is 19.4. The number of hydrogen-bond acceptors (Lipinski definition) is 4. The Balaban J connectivity index is 1.32. The number of pyridine rings is 2. The molecule has 4 rings (SSSR count). The van der Waals surface area contributed by atoms with Gasteiger partial charge in [0.1, 0.15) is 5.75 Å². The van der Waals surface area contributed by atoms with Crippen molar-refractivity contribution in [1.29, 1.82) is 0 Å². The van der Waals surface area contributed by atoms with Crippen LogP contribution in [0.1, 0.15) is 30.4 Å². The summed E-state index contributed by atoms with van der Waals surface area (Å²) >= 11 is 0. The van der Waals surface area contributed by atoms with E-state index in [1.54, 1.807) is 24.5 Å². The van der Waals surface area contributed by atoms with Crippen LogP contribution in [0.2, 0.25) is 0 Å². The average Bonchev–Trinajstić information content (AvgIpc) is 3.28. The Morgan fingerprint density at radius 1 is 1.15 bits per heavy atom. The molecule has 0 radical (unpaired) electrons. The van der Waals surface area contributed by atoms with Crippen molar-refractivity contribution < 1.29 is 22.7 Å². The number of carbonyl (C=O) groups is 1. The molecule has 2 aromatic heterocycles. The second-order valence-electron chi connectivity index (χ2n) is 7.87. The number of aromatic nitrogens is 2. The van der Waals surface area contributed by atoms with Crippen LogP contribution in [0.3, 0.4) is 0 Å². The third-order valence-corrected chi connectivity index (χ3v) is 5.43. The van der Waals surface area contributed by atoms with Gasteiger partial charge in [0.05, 0.1) is 17.4 Å². The quantitative estimate of drug-likeness (QED) is 0.452. The normalized spacial score (nSPS) is 17.2. The molecule has 33 heavy (non-hydrogen) atoms. The maximum Gasteiger partial charge on any atom is 0.417 e. The Morgan fingerprint density at radius 3 is 2.76 bits per heavy atom. The number of nitrogens with zero attached hydrogens (tertiary/aromatic N) is 2. The minimum absolute atomic E-state index is 0.00541. The van der Waals surface area contributed by atoms with Crippen molar-refractivity contribution in [3.63, 3.8) is 0 Å². The van der Waals surface area contributed by atoms with Crippen LogP contribution in [0.25, 0.3) is 0 Å². The Labute approximate surface area is 189 Å². The predicted molar refractivity (Wildman–Crippen MR) is 118 cm³/mol. The first kappa shape index (κ1) is 22.5. The van der Waals surface area contributed by atoms with Crippen molar-refractivity contribution in [2.45, 2.75) is 31.9 Å². The summed E-state index contributed by atoms with van der Waals surface area (Å²) in [6.07, 6.45) is 4.80. The summed E-state index contributed by atoms with van der Waals surface area (Å²) in [7, 11) is 0. The molecular weight excluding hydrogens is 431 g/mol. The van der Waals surface area contributed by atoms with Crippen LogP contribution in [0.4, 0.5) is 18.9 Å². The number of ether oxygens (including phenoxy) is 1. The molecule has 5 nitrogen and oxygen atoms in total. The number of rotatable bonds is 6. The molecule has 1 fully saturated rings. The number of anilines is 1. The number of nitrogens with one attached hydrogen (secondary N) is 1. The van der Waals surface area contributed by atoms with Gasteiger partial charge in [0.15, 0.2) is 0 Å². The van der Waals surface area contributed by atoms with Crippen molar-refractivity contribution in [3.05, 3.63) is 89.9 Å². The standard InChI is InChI=1S/C25H22F3N3O2/c26-25(27,28)20-10-11-23(30-15-20)33-22-5-1-3-17(14-22)6-7-18-8-9-19(13-18)24(32)31-21-4-2-12-29-16-21/h1-5,7,10-12,14-16,19H,6,8-9,13H2,(H,31,32). The smallest absolute Gasteiger partial charge is 0.417 e. The minimum Gasteiger partial charge on any atom is -0.439 e. The summed E-state index contributed by atoms with van der Waals surface area (Å²) in [4.78, 5) is 20.2. The minimum atomic E-state index is -4.43. The first-order valence-electron chi connectivity index (χ1n) is 10.6. The van der Waals surface area contributed by atoms with E-state index in [0.717, 1.165) is 37.1 Å². The molecule has 0 saturated heterocycles. The molecule has 0 spiro atoms. The number of benzene rings is 1. The highest BCUT2D eigenvalue weighted by molar-refractivity contribution is 5.92. The van der Waals surface area contributed by atoms with Crippen LogP contribution in [-0.2, 0) is 17.4 Å². The molecule has 170 valence electrons. The predicted octanol–water partition coefficient (Wildman–Crippen LogP) is 6.20. The van der Waals surface area contributed by atoms with Gasteiger partial charge in [0.25, 0.3) is 0 Å². The number of halogens is 3. The molecule has 1 aliphatic rings. The van der Waals surface area contributed by atoms with Gasteiger partial charge in [0, 0.05) is 24.4 Å². The van der Waals surface area contributed by atoms with E-state index < -0.39 is 11.7 Å². The summed E-state index contributed by atoms with van der Waals surface area (Å²) in [5.41, 5.74) is 2.10. The van der Waals surface area contributed by atoms with Gasteiger partial charge in [-0.1, -0.05) is 23.8 Å². The Hall–Kier alpha value is -3.68. The van der Waals surface area contributed by atoms with Gasteiger partial charge >= 0.3 is 6.18 Å². The Bertz CT molecular complexity index is 1130. The SMILES string of the molecule is O=C(Nc1cccnc1)C1CCC(=CCc2cccc(Oc3ccc(C(F)(F)F)cn3)c2)C1. The lowest BCUT2D eigenvalue weighted by molar-refractivity contribution is -0.137. The second kappa shape index (κ2) is 9.85. The van der Waals surface area contributed by atoms with Crippen LogP contribution in [0, 0.1) is 5.92 Å². The van der Waals surface area contributed by atoms with Gasteiger partial charge in [-0.15, -0.1) is 0 Å². The lowest BCUT2D eigenvalue weighted by Crippen LogP contribution is -2.20. The third kappa shape index (κ3) is 6.19. The summed E-state index contributed by atoms with van der Waals surface area (Å²) in [5.74, 6) is 0.540. The first-order valence-corrected chi connectivity index (χ1v) is 10.6. The zero-order valence-corrected chi connectivity index (χ0v) is 17.7. The van der Waals surface area contributed by atoms with Gasteiger partial charge in [-0.05, 0) is 61.6 Å². The van der Waals surface area contributed by atoms with Crippen LogP contribution in [-0.4, -0.2) is 15.9 Å². The van der Waals surface area contributed by atoms with Gasteiger partial charge in [-0.25, -0.2) is 4.98 Å². The topological polar surface area (TPSA) is 64.1 Å². The fourth-order valence-corrected chi connectivity index (χ4v) is 3.70. The van der Waals surface area contributed by atoms with Crippen molar-refractivity contribution in [2.24, 2.45) is 5.92 Å². The number of allylic oxidation sites excluding steroid dienone is 2. The zero-order chi connectivity index (χ0) is 23.3. The highest BCUT2D eigenvalue weighted by Gasteiger charge is 2.30. The molecule has 1 aromatic carbocycles. The van der Waals surface area contributed by atoms with E-state index in [0.29, 0.717) is 17.9 Å². The highest BCUT2D eigenvalue weighted by Crippen LogP contribution is 2.32. The summed E-state index contributed by atoms with van der Waals surface area (Å²) in [6, 6.07) is 13.1. The number of hydrogen-bond donors (Lipinski definition) is 1. The van der Waals surface area contributed by atoms with E-state index in [1.165, 1.54) is 11.6 Å². The van der Waals surface area contributed by atoms with E-state index in [-0.39, 0.29) is 17.7 Å². The molecule has 0 bridgehead atoms. The van der Waals surface area contributed by atoms with Crippen molar-refractivity contribution in [2.75, 3.05) is 5.32 Å². The number of carbonyl (C=O) groups excluding carboxylic acids is 1.